The molecule has 2 heterocycles. The van der Waals surface area contributed by atoms with E-state index in [9.17, 15) is 5.11 Å². The standard InChI is InChI=1S/C12H21N3OS/c1-3-11(10-6-14-15(2)7-10)13-8-12(16)4-5-17-9-12/h6-7,11,13,16H,3-5,8-9H2,1-2H3. The zero-order chi connectivity index (χ0) is 12.3. The van der Waals surface area contributed by atoms with E-state index >= 15 is 0 Å². The average Bonchev–Trinajstić information content (AvgIpc) is 2.90. The molecule has 2 atom stereocenters. The molecule has 4 nitrogen and oxygen atoms in total. The minimum absolute atomic E-state index is 0.290. The molecule has 0 saturated carbocycles. The Hall–Kier alpha value is -0.520. The van der Waals surface area contributed by atoms with Crippen LogP contribution in [0.3, 0.4) is 0 Å². The third kappa shape index (κ3) is 3.24. The lowest BCUT2D eigenvalue weighted by Gasteiger charge is -2.25. The van der Waals surface area contributed by atoms with Gasteiger partial charge >= 0.3 is 0 Å². The van der Waals surface area contributed by atoms with Gasteiger partial charge in [-0.05, 0) is 18.6 Å². The Bertz CT molecular complexity index is 360. The summed E-state index contributed by atoms with van der Waals surface area (Å²) in [6, 6.07) is 0.290. The predicted octanol–water partition coefficient (Wildman–Crippen LogP) is 1.33. The summed E-state index contributed by atoms with van der Waals surface area (Å²) in [7, 11) is 1.93. The summed E-state index contributed by atoms with van der Waals surface area (Å²) in [6.45, 7) is 2.82. The second kappa shape index (κ2) is 5.42. The van der Waals surface area contributed by atoms with Crippen molar-refractivity contribution >= 4 is 11.8 Å². The van der Waals surface area contributed by atoms with Crippen molar-refractivity contribution in [3.8, 4) is 0 Å². The highest BCUT2D eigenvalue weighted by Crippen LogP contribution is 2.28. The van der Waals surface area contributed by atoms with Crippen LogP contribution in [0.1, 0.15) is 31.4 Å². The van der Waals surface area contributed by atoms with Crippen LogP contribution < -0.4 is 5.32 Å². The first-order valence-electron chi connectivity index (χ1n) is 6.15. The number of nitrogens with one attached hydrogen (secondary N) is 1. The van der Waals surface area contributed by atoms with Crippen LogP contribution in [0.2, 0.25) is 0 Å². The number of nitrogens with zero attached hydrogens (tertiary/aromatic N) is 2. The van der Waals surface area contributed by atoms with Gasteiger partial charge in [-0.3, -0.25) is 4.68 Å². The molecule has 2 rings (SSSR count). The van der Waals surface area contributed by atoms with Crippen LogP contribution in [0.4, 0.5) is 0 Å². The molecule has 0 spiro atoms. The molecule has 0 radical (unpaired) electrons. The molecule has 5 heteroatoms. The normalized spacial score (nSPS) is 26.3. The summed E-state index contributed by atoms with van der Waals surface area (Å²) in [5, 5.41) is 17.9. The molecule has 0 aromatic carbocycles. The number of aryl methyl sites for hydroxylation is 1. The monoisotopic (exact) mass is 255 g/mol. The van der Waals surface area contributed by atoms with E-state index in [1.807, 2.05) is 35.9 Å². The van der Waals surface area contributed by atoms with Gasteiger partial charge in [0.15, 0.2) is 0 Å². The van der Waals surface area contributed by atoms with Crippen molar-refractivity contribution in [2.24, 2.45) is 7.05 Å². The van der Waals surface area contributed by atoms with Crippen molar-refractivity contribution in [2.45, 2.75) is 31.4 Å². The predicted molar refractivity (Wildman–Crippen MR) is 71.1 cm³/mol. The minimum atomic E-state index is -0.514. The maximum Gasteiger partial charge on any atom is 0.0869 e. The van der Waals surface area contributed by atoms with Gasteiger partial charge in [0, 0.05) is 37.1 Å². The molecule has 1 aliphatic heterocycles. The molecule has 1 aromatic heterocycles. The Balaban J connectivity index is 1.91. The van der Waals surface area contributed by atoms with Crippen molar-refractivity contribution in [1.29, 1.82) is 0 Å². The maximum atomic E-state index is 10.3. The van der Waals surface area contributed by atoms with Gasteiger partial charge in [0.1, 0.15) is 0 Å². The van der Waals surface area contributed by atoms with Crippen LogP contribution in [-0.4, -0.2) is 38.5 Å². The maximum absolute atomic E-state index is 10.3. The molecule has 96 valence electrons. The van der Waals surface area contributed by atoms with Crippen molar-refractivity contribution in [1.82, 2.24) is 15.1 Å². The van der Waals surface area contributed by atoms with Crippen molar-refractivity contribution in [3.63, 3.8) is 0 Å². The summed E-state index contributed by atoms with van der Waals surface area (Å²) >= 11 is 1.83. The van der Waals surface area contributed by atoms with E-state index in [1.54, 1.807) is 0 Å². The van der Waals surface area contributed by atoms with E-state index in [2.05, 4.69) is 17.3 Å². The quantitative estimate of drug-likeness (QED) is 0.833. The van der Waals surface area contributed by atoms with Crippen LogP contribution in [0.5, 0.6) is 0 Å². The fourth-order valence-electron chi connectivity index (χ4n) is 2.17. The van der Waals surface area contributed by atoms with E-state index < -0.39 is 5.60 Å². The van der Waals surface area contributed by atoms with Gasteiger partial charge in [0.05, 0.1) is 11.8 Å². The molecule has 1 aliphatic rings. The van der Waals surface area contributed by atoms with Crippen LogP contribution in [0, 0.1) is 0 Å². The molecule has 1 fully saturated rings. The van der Waals surface area contributed by atoms with Crippen LogP contribution in [-0.2, 0) is 7.05 Å². The van der Waals surface area contributed by atoms with E-state index in [0.29, 0.717) is 12.6 Å². The molecule has 17 heavy (non-hydrogen) atoms. The lowest BCUT2D eigenvalue weighted by atomic mass is 10.0. The number of aliphatic hydroxyl groups is 1. The molecular weight excluding hydrogens is 234 g/mol. The highest BCUT2D eigenvalue weighted by molar-refractivity contribution is 7.99. The first-order valence-corrected chi connectivity index (χ1v) is 7.30. The van der Waals surface area contributed by atoms with E-state index in [1.165, 1.54) is 5.56 Å². The minimum Gasteiger partial charge on any atom is -0.388 e. The van der Waals surface area contributed by atoms with Crippen LogP contribution >= 0.6 is 11.8 Å². The van der Waals surface area contributed by atoms with Crippen molar-refractivity contribution < 1.29 is 5.11 Å². The van der Waals surface area contributed by atoms with Gasteiger partial charge in [-0.2, -0.15) is 16.9 Å². The number of thioether (sulfide) groups is 1. The van der Waals surface area contributed by atoms with Crippen LogP contribution in [0.25, 0.3) is 0 Å². The summed E-state index contributed by atoms with van der Waals surface area (Å²) < 4.78 is 1.82. The Morgan fingerprint density at radius 3 is 3.06 bits per heavy atom. The van der Waals surface area contributed by atoms with Gasteiger partial charge in [-0.15, -0.1) is 0 Å². The highest BCUT2D eigenvalue weighted by Gasteiger charge is 2.32. The van der Waals surface area contributed by atoms with E-state index in [-0.39, 0.29) is 0 Å². The molecule has 0 aliphatic carbocycles. The lowest BCUT2D eigenvalue weighted by Crippen LogP contribution is -2.41. The molecule has 2 unspecified atom stereocenters. The fourth-order valence-corrected chi connectivity index (χ4v) is 3.46. The summed E-state index contributed by atoms with van der Waals surface area (Å²) in [5.74, 6) is 1.92. The molecule has 0 bridgehead atoms. The second-order valence-electron chi connectivity index (χ2n) is 4.82. The largest absolute Gasteiger partial charge is 0.388 e. The van der Waals surface area contributed by atoms with E-state index in [0.717, 1.165) is 24.3 Å². The number of hydrogen-bond acceptors (Lipinski definition) is 4. The lowest BCUT2D eigenvalue weighted by molar-refractivity contribution is 0.0643. The summed E-state index contributed by atoms with van der Waals surface area (Å²) in [6.07, 6.45) is 5.84. The Morgan fingerprint density at radius 2 is 2.53 bits per heavy atom. The van der Waals surface area contributed by atoms with Gasteiger partial charge in [0.25, 0.3) is 0 Å². The SMILES string of the molecule is CCC(NCC1(O)CCSC1)c1cnn(C)c1. The first-order chi connectivity index (χ1) is 8.13. The summed E-state index contributed by atoms with van der Waals surface area (Å²) in [4.78, 5) is 0. The molecule has 1 saturated heterocycles. The van der Waals surface area contributed by atoms with Crippen LogP contribution in [0.15, 0.2) is 12.4 Å². The molecule has 1 aromatic rings. The summed E-state index contributed by atoms with van der Waals surface area (Å²) in [5.41, 5.74) is 0.685. The number of hydrogen-bond donors (Lipinski definition) is 2. The van der Waals surface area contributed by atoms with Gasteiger partial charge in [-0.25, -0.2) is 0 Å². The molecular formula is C12H21N3OS. The Morgan fingerprint density at radius 1 is 1.71 bits per heavy atom. The van der Waals surface area contributed by atoms with Gasteiger partial charge in [-0.1, -0.05) is 6.92 Å². The zero-order valence-corrected chi connectivity index (χ0v) is 11.3. The van der Waals surface area contributed by atoms with Gasteiger partial charge < -0.3 is 10.4 Å². The van der Waals surface area contributed by atoms with Crippen molar-refractivity contribution in [3.05, 3.63) is 18.0 Å². The first kappa shape index (κ1) is 12.9. The third-order valence-corrected chi connectivity index (χ3v) is 4.53. The fraction of sp³-hybridized carbons (Fsp3) is 0.750. The molecule has 2 N–H and O–H groups in total. The highest BCUT2D eigenvalue weighted by atomic mass is 32.2. The molecule has 0 amide bonds. The number of aromatic nitrogens is 2. The zero-order valence-electron chi connectivity index (χ0n) is 10.5. The van der Waals surface area contributed by atoms with Crippen molar-refractivity contribution in [2.75, 3.05) is 18.1 Å². The van der Waals surface area contributed by atoms with E-state index in [4.69, 9.17) is 0 Å². The smallest absolute Gasteiger partial charge is 0.0869 e. The second-order valence-corrected chi connectivity index (χ2v) is 5.92. The third-order valence-electron chi connectivity index (χ3n) is 3.30. The number of rotatable bonds is 5. The van der Waals surface area contributed by atoms with Gasteiger partial charge in [0.2, 0.25) is 0 Å². The Labute approximate surface area is 107 Å². The topological polar surface area (TPSA) is 50.1 Å². The Kier molecular flexibility index (Phi) is 4.12. The average molecular weight is 255 g/mol.